The summed E-state index contributed by atoms with van der Waals surface area (Å²) >= 11 is 6.06. The molecule has 0 spiro atoms. The van der Waals surface area contributed by atoms with Gasteiger partial charge >= 0.3 is 0 Å². The van der Waals surface area contributed by atoms with Crippen molar-refractivity contribution < 1.29 is 21.6 Å². The van der Waals surface area contributed by atoms with Gasteiger partial charge in [-0.3, -0.25) is 10.1 Å². The quantitative estimate of drug-likeness (QED) is 0.242. The third-order valence-electron chi connectivity index (χ3n) is 7.58. The molecule has 0 aliphatic carbocycles. The molecule has 1 amide bonds. The molecule has 2 aromatic carbocycles. The van der Waals surface area contributed by atoms with Crippen LogP contribution < -0.4 is 14.9 Å². The van der Waals surface area contributed by atoms with Crippen LogP contribution >= 0.6 is 11.6 Å². The molecule has 5 rings (SSSR count). The molecule has 0 saturated carbocycles. The Kier molecular flexibility index (Phi) is 9.41. The number of carbonyl (C=O) groups is 1. The number of fused-ring (bicyclic) bond motifs is 2. The largest absolute Gasteiger partial charge is 0.357 e. The molecule has 2 aromatic heterocycles. The van der Waals surface area contributed by atoms with E-state index in [0.29, 0.717) is 22.0 Å². The van der Waals surface area contributed by atoms with Crippen molar-refractivity contribution in [2.24, 2.45) is 0 Å². The Bertz CT molecular complexity index is 1900. The van der Waals surface area contributed by atoms with Crippen LogP contribution in [-0.4, -0.2) is 97.5 Å². The van der Waals surface area contributed by atoms with Crippen LogP contribution in [-0.2, 0) is 31.2 Å². The Balaban J connectivity index is 1.37. The number of nitrogens with zero attached hydrogens (tertiary/aromatic N) is 6. The van der Waals surface area contributed by atoms with Gasteiger partial charge in [-0.1, -0.05) is 23.7 Å². The van der Waals surface area contributed by atoms with Crippen LogP contribution in [0.4, 0.5) is 5.82 Å². The number of carbonyl (C=O) groups excluding carboxylic acids is 1. The fourth-order valence-corrected chi connectivity index (χ4v) is 7.57. The molecule has 16 heteroatoms. The Labute approximate surface area is 261 Å². The summed E-state index contributed by atoms with van der Waals surface area (Å²) in [5.74, 6) is 0.899. The number of hydrogen-bond acceptors (Lipinski definition) is 10. The fourth-order valence-electron chi connectivity index (χ4n) is 5.11. The summed E-state index contributed by atoms with van der Waals surface area (Å²) in [5, 5.41) is 9.75. The van der Waals surface area contributed by atoms with Gasteiger partial charge < -0.3 is 9.80 Å². The number of anilines is 1. The normalized spacial score (nSPS) is 16.0. The van der Waals surface area contributed by atoms with Gasteiger partial charge in [-0.2, -0.15) is 9.50 Å². The number of sulfone groups is 1. The molecule has 1 unspecified atom stereocenters. The topological polar surface area (TPSA) is 159 Å². The summed E-state index contributed by atoms with van der Waals surface area (Å²) in [4.78, 5) is 26.2. The molecule has 2 N–H and O–H groups in total. The minimum Gasteiger partial charge on any atom is -0.357 e. The van der Waals surface area contributed by atoms with Gasteiger partial charge in [0.15, 0.2) is 15.7 Å². The summed E-state index contributed by atoms with van der Waals surface area (Å²) < 4.78 is 54.8. The van der Waals surface area contributed by atoms with E-state index in [0.717, 1.165) is 30.0 Å². The van der Waals surface area contributed by atoms with Crippen LogP contribution in [0.25, 0.3) is 16.6 Å². The smallest absolute Gasteiger partial charge is 0.254 e. The minimum atomic E-state index is -4.01. The molecule has 1 aliphatic heterocycles. The second-order valence-corrected chi connectivity index (χ2v) is 15.1. The standard InChI is InChI=1S/C28H35ClN8O5S2/c1-4-35(5-2)26-14-19(3)32-28-33-25(34-37(26)28)18-30-24(27(38)36-10-12-43(39,40)13-11-36)17-31-44(41,42)23-9-7-20-15-22(29)8-6-21(20)16-23/h6-9,14-16,24,30-31H,4-5,10-13,17-18H2,1-3H3. The maximum atomic E-state index is 13.6. The summed E-state index contributed by atoms with van der Waals surface area (Å²) in [6, 6.07) is 10.8. The number of hydrogen-bond donors (Lipinski definition) is 2. The van der Waals surface area contributed by atoms with Gasteiger partial charge in [0.05, 0.1) is 22.9 Å². The molecule has 0 bridgehead atoms. The number of nitrogens with one attached hydrogen (secondary N) is 2. The lowest BCUT2D eigenvalue weighted by Crippen LogP contribution is -2.55. The number of aryl methyl sites for hydroxylation is 1. The highest BCUT2D eigenvalue weighted by molar-refractivity contribution is 7.91. The predicted octanol–water partition coefficient (Wildman–Crippen LogP) is 1.78. The van der Waals surface area contributed by atoms with Gasteiger partial charge in [0.25, 0.3) is 5.78 Å². The highest BCUT2D eigenvalue weighted by Crippen LogP contribution is 2.23. The molecule has 13 nitrogen and oxygen atoms in total. The SMILES string of the molecule is CCN(CC)c1cc(C)nc2nc(CNC(CNS(=O)(=O)c3ccc4cc(Cl)ccc4c3)C(=O)N3CCS(=O)(=O)CC3)nn12. The highest BCUT2D eigenvalue weighted by Gasteiger charge is 2.31. The maximum Gasteiger partial charge on any atom is 0.254 e. The number of benzene rings is 2. The van der Waals surface area contributed by atoms with E-state index < -0.39 is 31.8 Å². The number of rotatable bonds is 11. The highest BCUT2D eigenvalue weighted by atomic mass is 35.5. The van der Waals surface area contributed by atoms with Crippen molar-refractivity contribution in [2.45, 2.75) is 38.3 Å². The van der Waals surface area contributed by atoms with Crippen LogP contribution in [0.1, 0.15) is 25.4 Å². The Morgan fingerprint density at radius 2 is 1.73 bits per heavy atom. The maximum absolute atomic E-state index is 13.6. The van der Waals surface area contributed by atoms with E-state index in [-0.39, 0.29) is 42.6 Å². The molecule has 1 fully saturated rings. The molecular weight excluding hydrogens is 628 g/mol. The molecule has 1 aliphatic rings. The summed E-state index contributed by atoms with van der Waals surface area (Å²) in [5.41, 5.74) is 0.783. The Morgan fingerprint density at radius 1 is 1.05 bits per heavy atom. The van der Waals surface area contributed by atoms with Gasteiger partial charge in [-0.05, 0) is 55.8 Å². The van der Waals surface area contributed by atoms with Gasteiger partial charge in [-0.15, -0.1) is 5.10 Å². The van der Waals surface area contributed by atoms with Crippen molar-refractivity contribution in [1.82, 2.24) is 34.5 Å². The van der Waals surface area contributed by atoms with Gasteiger partial charge in [0, 0.05) is 49.5 Å². The molecule has 3 heterocycles. The number of halogens is 1. The zero-order valence-electron chi connectivity index (χ0n) is 24.7. The third-order valence-corrected chi connectivity index (χ3v) is 10.8. The third kappa shape index (κ3) is 7.12. The summed E-state index contributed by atoms with van der Waals surface area (Å²) in [6.45, 7) is 7.31. The number of aromatic nitrogens is 4. The van der Waals surface area contributed by atoms with Crippen molar-refractivity contribution in [3.63, 3.8) is 0 Å². The van der Waals surface area contributed by atoms with E-state index in [2.05, 4.69) is 30.0 Å². The summed E-state index contributed by atoms with van der Waals surface area (Å²) in [6.07, 6.45) is 0. The van der Waals surface area contributed by atoms with Gasteiger partial charge in [-0.25, -0.2) is 26.5 Å². The lowest BCUT2D eigenvalue weighted by molar-refractivity contribution is -0.133. The van der Waals surface area contributed by atoms with Crippen LogP contribution in [0.15, 0.2) is 47.4 Å². The lowest BCUT2D eigenvalue weighted by atomic mass is 10.1. The average molecular weight is 663 g/mol. The van der Waals surface area contributed by atoms with Crippen molar-refractivity contribution in [3.05, 3.63) is 59.0 Å². The molecule has 236 valence electrons. The molecule has 44 heavy (non-hydrogen) atoms. The van der Waals surface area contributed by atoms with Crippen molar-refractivity contribution in [1.29, 1.82) is 0 Å². The Morgan fingerprint density at radius 3 is 2.43 bits per heavy atom. The van der Waals surface area contributed by atoms with Crippen LogP contribution in [0.5, 0.6) is 0 Å². The van der Waals surface area contributed by atoms with E-state index in [1.807, 2.05) is 26.8 Å². The summed E-state index contributed by atoms with van der Waals surface area (Å²) in [7, 11) is -7.23. The zero-order valence-corrected chi connectivity index (χ0v) is 27.1. The first-order valence-corrected chi connectivity index (χ1v) is 18.0. The molecule has 4 aromatic rings. The molecule has 1 atom stereocenters. The van der Waals surface area contributed by atoms with E-state index >= 15 is 0 Å². The number of sulfonamides is 1. The van der Waals surface area contributed by atoms with Gasteiger partial charge in [0.2, 0.25) is 15.9 Å². The molecule has 1 saturated heterocycles. The van der Waals surface area contributed by atoms with E-state index in [1.54, 1.807) is 28.8 Å². The first-order chi connectivity index (χ1) is 20.9. The van der Waals surface area contributed by atoms with E-state index in [1.165, 1.54) is 17.0 Å². The van der Waals surface area contributed by atoms with Crippen molar-refractivity contribution in [2.75, 3.05) is 49.1 Å². The molecular formula is C28H35ClN8O5S2. The predicted molar refractivity (Wildman–Crippen MR) is 169 cm³/mol. The van der Waals surface area contributed by atoms with Crippen molar-refractivity contribution >= 4 is 59.7 Å². The zero-order chi connectivity index (χ0) is 31.6. The van der Waals surface area contributed by atoms with E-state index in [9.17, 15) is 21.6 Å². The first kappa shape index (κ1) is 32.0. The van der Waals surface area contributed by atoms with Crippen LogP contribution in [0, 0.1) is 6.92 Å². The van der Waals surface area contributed by atoms with Crippen LogP contribution in [0.3, 0.4) is 0 Å². The molecule has 0 radical (unpaired) electrons. The lowest BCUT2D eigenvalue weighted by Gasteiger charge is -2.30. The monoisotopic (exact) mass is 662 g/mol. The van der Waals surface area contributed by atoms with Gasteiger partial charge in [0.1, 0.15) is 11.9 Å². The van der Waals surface area contributed by atoms with Crippen molar-refractivity contribution in [3.8, 4) is 0 Å². The average Bonchev–Trinajstić information content (AvgIpc) is 3.39. The van der Waals surface area contributed by atoms with Crippen LogP contribution in [0.2, 0.25) is 5.02 Å². The second-order valence-electron chi connectivity index (χ2n) is 10.6. The second kappa shape index (κ2) is 12.9. The fraction of sp³-hybridized carbons (Fsp3) is 0.429. The van der Waals surface area contributed by atoms with E-state index in [4.69, 9.17) is 11.6 Å². The minimum absolute atomic E-state index is 0.0301. The Hall–Kier alpha value is -3.37. The number of amides is 1. The first-order valence-electron chi connectivity index (χ1n) is 14.3.